The first kappa shape index (κ1) is 17.6. The molecule has 1 aliphatic rings. The van der Waals surface area contributed by atoms with E-state index < -0.39 is 0 Å². The average Bonchev–Trinajstić information content (AvgIpc) is 2.68. The van der Waals surface area contributed by atoms with Crippen LogP contribution in [0.1, 0.15) is 18.1 Å². The Labute approximate surface area is 150 Å². The van der Waals surface area contributed by atoms with Gasteiger partial charge in [-0.3, -0.25) is 14.6 Å². The molecule has 132 valence electrons. The van der Waals surface area contributed by atoms with Gasteiger partial charge in [0, 0.05) is 39.3 Å². The molecule has 1 saturated heterocycles. The van der Waals surface area contributed by atoms with Crippen molar-refractivity contribution in [1.82, 2.24) is 15.1 Å². The molecule has 25 heavy (non-hydrogen) atoms. The van der Waals surface area contributed by atoms with Gasteiger partial charge in [0.1, 0.15) is 0 Å². The fourth-order valence-electron chi connectivity index (χ4n) is 3.25. The molecule has 2 aromatic rings. The third kappa shape index (κ3) is 5.15. The molecule has 1 heterocycles. The molecule has 4 heteroatoms. The summed E-state index contributed by atoms with van der Waals surface area (Å²) in [6.45, 7) is 7.48. The number of rotatable bonds is 6. The van der Waals surface area contributed by atoms with Crippen LogP contribution in [0.5, 0.6) is 0 Å². The summed E-state index contributed by atoms with van der Waals surface area (Å²) in [6.07, 6.45) is 0. The van der Waals surface area contributed by atoms with Crippen LogP contribution in [0.25, 0.3) is 0 Å². The third-order valence-corrected chi connectivity index (χ3v) is 4.89. The molecule has 1 unspecified atom stereocenters. The molecule has 3 rings (SSSR count). The maximum Gasteiger partial charge on any atom is 0.237 e. The Hall–Kier alpha value is -2.17. The van der Waals surface area contributed by atoms with Crippen molar-refractivity contribution < 1.29 is 4.79 Å². The minimum atomic E-state index is -0.0809. The molecule has 0 spiro atoms. The molecule has 4 nitrogen and oxygen atoms in total. The van der Waals surface area contributed by atoms with Gasteiger partial charge < -0.3 is 5.32 Å². The second kappa shape index (κ2) is 8.79. The summed E-state index contributed by atoms with van der Waals surface area (Å²) in [6, 6.07) is 20.5. The van der Waals surface area contributed by atoms with E-state index in [4.69, 9.17) is 0 Å². The van der Waals surface area contributed by atoms with Crippen molar-refractivity contribution in [3.8, 4) is 0 Å². The zero-order valence-electron chi connectivity index (χ0n) is 14.9. The summed E-state index contributed by atoms with van der Waals surface area (Å²) in [5.41, 5.74) is 2.49. The van der Waals surface area contributed by atoms with Crippen LogP contribution >= 0.6 is 0 Å². The number of nitrogens with one attached hydrogen (secondary N) is 1. The van der Waals surface area contributed by atoms with Crippen molar-refractivity contribution in [1.29, 1.82) is 0 Å². The maximum atomic E-state index is 12.4. The minimum absolute atomic E-state index is 0.0809. The number of hydrogen-bond acceptors (Lipinski definition) is 3. The molecule has 0 aliphatic carbocycles. The van der Waals surface area contributed by atoms with Gasteiger partial charge in [0.2, 0.25) is 5.91 Å². The SMILES string of the molecule is CC(C(=O)NCc1ccccc1)N1CCN(Cc2ccccc2)CC1. The van der Waals surface area contributed by atoms with Crippen LogP contribution in [0.4, 0.5) is 0 Å². The fourth-order valence-corrected chi connectivity index (χ4v) is 3.25. The lowest BCUT2D eigenvalue weighted by Crippen LogP contribution is -2.53. The predicted octanol–water partition coefficient (Wildman–Crippen LogP) is 2.51. The Morgan fingerprint density at radius 2 is 1.48 bits per heavy atom. The van der Waals surface area contributed by atoms with Gasteiger partial charge in [-0.15, -0.1) is 0 Å². The van der Waals surface area contributed by atoms with E-state index in [1.54, 1.807) is 0 Å². The van der Waals surface area contributed by atoms with Crippen LogP contribution in [0, 0.1) is 0 Å². The largest absolute Gasteiger partial charge is 0.351 e. The molecule has 1 fully saturated rings. The zero-order valence-corrected chi connectivity index (χ0v) is 14.9. The molecular formula is C21H27N3O. The number of carbonyl (C=O) groups excluding carboxylic acids is 1. The Balaban J connectivity index is 1.43. The van der Waals surface area contributed by atoms with E-state index in [1.807, 2.05) is 37.3 Å². The van der Waals surface area contributed by atoms with E-state index >= 15 is 0 Å². The summed E-state index contributed by atoms with van der Waals surface area (Å²) >= 11 is 0. The zero-order chi connectivity index (χ0) is 17.5. The first-order valence-electron chi connectivity index (χ1n) is 9.04. The van der Waals surface area contributed by atoms with Crippen molar-refractivity contribution in [3.63, 3.8) is 0 Å². The smallest absolute Gasteiger partial charge is 0.237 e. The highest BCUT2D eigenvalue weighted by Gasteiger charge is 2.25. The summed E-state index contributed by atoms with van der Waals surface area (Å²) in [5.74, 6) is 0.111. The van der Waals surface area contributed by atoms with Crippen molar-refractivity contribution in [2.45, 2.75) is 26.1 Å². The highest BCUT2D eigenvalue weighted by Crippen LogP contribution is 2.11. The van der Waals surface area contributed by atoms with Gasteiger partial charge in [0.05, 0.1) is 6.04 Å². The van der Waals surface area contributed by atoms with Gasteiger partial charge >= 0.3 is 0 Å². The Morgan fingerprint density at radius 3 is 2.08 bits per heavy atom. The van der Waals surface area contributed by atoms with Crippen molar-refractivity contribution in [2.24, 2.45) is 0 Å². The maximum absolute atomic E-state index is 12.4. The molecule has 0 bridgehead atoms. The van der Waals surface area contributed by atoms with Gasteiger partial charge in [-0.25, -0.2) is 0 Å². The van der Waals surface area contributed by atoms with E-state index in [9.17, 15) is 4.79 Å². The van der Waals surface area contributed by atoms with Crippen LogP contribution in [-0.2, 0) is 17.9 Å². The number of nitrogens with zero attached hydrogens (tertiary/aromatic N) is 2. The predicted molar refractivity (Wildman–Crippen MR) is 101 cm³/mol. The molecule has 1 aliphatic heterocycles. The highest BCUT2D eigenvalue weighted by molar-refractivity contribution is 5.81. The summed E-state index contributed by atoms with van der Waals surface area (Å²) in [4.78, 5) is 17.2. The average molecular weight is 337 g/mol. The van der Waals surface area contributed by atoms with Crippen LogP contribution < -0.4 is 5.32 Å². The van der Waals surface area contributed by atoms with Gasteiger partial charge in [0.25, 0.3) is 0 Å². The van der Waals surface area contributed by atoms with E-state index in [2.05, 4.69) is 45.4 Å². The molecule has 0 radical (unpaired) electrons. The number of carbonyl (C=O) groups is 1. The standard InChI is InChI=1S/C21H27N3O/c1-18(21(25)22-16-19-8-4-2-5-9-19)24-14-12-23(13-15-24)17-20-10-6-3-7-11-20/h2-11,18H,12-17H2,1H3,(H,22,25). The summed E-state index contributed by atoms with van der Waals surface area (Å²) < 4.78 is 0. The third-order valence-electron chi connectivity index (χ3n) is 4.89. The molecule has 2 aromatic carbocycles. The Morgan fingerprint density at radius 1 is 0.920 bits per heavy atom. The Bertz CT molecular complexity index is 651. The highest BCUT2D eigenvalue weighted by atomic mass is 16.2. The number of amides is 1. The fraction of sp³-hybridized carbons (Fsp3) is 0.381. The topological polar surface area (TPSA) is 35.6 Å². The van der Waals surface area contributed by atoms with E-state index in [0.717, 1.165) is 38.3 Å². The molecule has 1 atom stereocenters. The molecule has 1 N–H and O–H groups in total. The minimum Gasteiger partial charge on any atom is -0.351 e. The number of hydrogen-bond donors (Lipinski definition) is 1. The lowest BCUT2D eigenvalue weighted by molar-refractivity contribution is -0.126. The van der Waals surface area contributed by atoms with E-state index in [-0.39, 0.29) is 11.9 Å². The molecule has 0 saturated carbocycles. The number of piperazine rings is 1. The van der Waals surface area contributed by atoms with Crippen LogP contribution in [0.15, 0.2) is 60.7 Å². The summed E-state index contributed by atoms with van der Waals surface area (Å²) in [5, 5.41) is 3.05. The second-order valence-corrected chi connectivity index (χ2v) is 6.68. The molecular weight excluding hydrogens is 310 g/mol. The number of benzene rings is 2. The Kier molecular flexibility index (Phi) is 6.20. The van der Waals surface area contributed by atoms with E-state index in [1.165, 1.54) is 5.56 Å². The first-order chi connectivity index (χ1) is 12.2. The van der Waals surface area contributed by atoms with Crippen LogP contribution in [0.3, 0.4) is 0 Å². The van der Waals surface area contributed by atoms with Crippen molar-refractivity contribution in [3.05, 3.63) is 71.8 Å². The molecule has 0 aromatic heterocycles. The normalized spacial score (nSPS) is 17.2. The monoisotopic (exact) mass is 337 g/mol. The van der Waals surface area contributed by atoms with Crippen LogP contribution in [-0.4, -0.2) is 47.9 Å². The van der Waals surface area contributed by atoms with Gasteiger partial charge in [0.15, 0.2) is 0 Å². The second-order valence-electron chi connectivity index (χ2n) is 6.68. The lowest BCUT2D eigenvalue weighted by atomic mass is 10.1. The quantitative estimate of drug-likeness (QED) is 0.880. The van der Waals surface area contributed by atoms with Gasteiger partial charge in [-0.2, -0.15) is 0 Å². The summed E-state index contributed by atoms with van der Waals surface area (Å²) in [7, 11) is 0. The first-order valence-corrected chi connectivity index (χ1v) is 9.04. The van der Waals surface area contributed by atoms with Crippen LogP contribution in [0.2, 0.25) is 0 Å². The van der Waals surface area contributed by atoms with Crippen molar-refractivity contribution in [2.75, 3.05) is 26.2 Å². The van der Waals surface area contributed by atoms with Gasteiger partial charge in [-0.1, -0.05) is 60.7 Å². The molecule has 1 amide bonds. The van der Waals surface area contributed by atoms with E-state index in [0.29, 0.717) is 6.54 Å². The lowest BCUT2D eigenvalue weighted by Gasteiger charge is -2.37. The van der Waals surface area contributed by atoms with Gasteiger partial charge in [-0.05, 0) is 18.1 Å². The van der Waals surface area contributed by atoms with Crippen molar-refractivity contribution >= 4 is 5.91 Å².